The second-order valence-corrected chi connectivity index (χ2v) is 5.00. The summed E-state index contributed by atoms with van der Waals surface area (Å²) in [6.45, 7) is 0. The summed E-state index contributed by atoms with van der Waals surface area (Å²) < 4.78 is 0.780. The van der Waals surface area contributed by atoms with Gasteiger partial charge in [-0.1, -0.05) is 17.7 Å². The van der Waals surface area contributed by atoms with Crippen LogP contribution in [-0.2, 0) is 0 Å². The predicted octanol–water partition coefficient (Wildman–Crippen LogP) is 3.79. The van der Waals surface area contributed by atoms with Crippen LogP contribution in [0.25, 0.3) is 0 Å². The van der Waals surface area contributed by atoms with Crippen LogP contribution in [0.15, 0.2) is 40.9 Å². The number of rotatable bonds is 3. The van der Waals surface area contributed by atoms with Crippen LogP contribution in [-0.4, -0.2) is 17.9 Å². The van der Waals surface area contributed by atoms with E-state index in [9.17, 15) is 4.79 Å². The van der Waals surface area contributed by atoms with Crippen molar-refractivity contribution >= 4 is 44.9 Å². The molecule has 0 saturated heterocycles. The molecular weight excluding hydrogens is 330 g/mol. The molecule has 1 heterocycles. The van der Waals surface area contributed by atoms with Crippen molar-refractivity contribution < 1.29 is 4.79 Å². The van der Waals surface area contributed by atoms with Crippen molar-refractivity contribution in [2.24, 2.45) is 0 Å². The Bertz CT molecular complexity index is 619. The number of pyridine rings is 1. The van der Waals surface area contributed by atoms with Gasteiger partial charge in [0, 0.05) is 17.2 Å². The maximum Gasteiger partial charge on any atom is 0.274 e. The summed E-state index contributed by atoms with van der Waals surface area (Å²) in [5, 5.41) is 6.16. The largest absolute Gasteiger partial charge is 0.373 e. The molecule has 2 rings (SSSR count). The van der Waals surface area contributed by atoms with E-state index in [4.69, 9.17) is 11.6 Å². The molecule has 98 valence electrons. The Hall–Kier alpha value is -1.59. The van der Waals surface area contributed by atoms with Crippen molar-refractivity contribution in [1.29, 1.82) is 0 Å². The number of anilines is 2. The predicted molar refractivity (Wildman–Crippen MR) is 80.9 cm³/mol. The van der Waals surface area contributed by atoms with E-state index in [-0.39, 0.29) is 5.91 Å². The molecule has 0 fully saturated rings. The lowest BCUT2D eigenvalue weighted by Crippen LogP contribution is -2.14. The van der Waals surface area contributed by atoms with Crippen molar-refractivity contribution in [2.45, 2.75) is 0 Å². The highest BCUT2D eigenvalue weighted by molar-refractivity contribution is 9.10. The summed E-state index contributed by atoms with van der Waals surface area (Å²) in [5.74, 6) is 0.358. The van der Waals surface area contributed by atoms with E-state index in [1.807, 2.05) is 0 Å². The van der Waals surface area contributed by atoms with Gasteiger partial charge in [0.05, 0.1) is 5.02 Å². The lowest BCUT2D eigenvalue weighted by atomic mass is 10.3. The Morgan fingerprint density at radius 3 is 2.79 bits per heavy atom. The third-order valence-corrected chi connectivity index (χ3v) is 3.65. The molecule has 0 atom stereocenters. The van der Waals surface area contributed by atoms with Gasteiger partial charge in [-0.05, 0) is 46.3 Å². The van der Waals surface area contributed by atoms with Gasteiger partial charge in [0.15, 0.2) is 0 Å². The highest BCUT2D eigenvalue weighted by Gasteiger charge is 2.09. The average molecular weight is 341 g/mol. The van der Waals surface area contributed by atoms with E-state index < -0.39 is 0 Å². The molecule has 2 aromatic rings. The minimum Gasteiger partial charge on any atom is -0.373 e. The molecule has 0 radical (unpaired) electrons. The van der Waals surface area contributed by atoms with Gasteiger partial charge in [-0.3, -0.25) is 4.79 Å². The molecule has 2 N–H and O–H groups in total. The van der Waals surface area contributed by atoms with Gasteiger partial charge < -0.3 is 10.6 Å². The molecule has 0 aliphatic rings. The van der Waals surface area contributed by atoms with Gasteiger partial charge in [-0.25, -0.2) is 4.98 Å². The first kappa shape index (κ1) is 13.8. The van der Waals surface area contributed by atoms with Gasteiger partial charge in [0.1, 0.15) is 11.5 Å². The Morgan fingerprint density at radius 2 is 2.11 bits per heavy atom. The van der Waals surface area contributed by atoms with Crippen LogP contribution in [0.4, 0.5) is 11.5 Å². The molecule has 0 aliphatic carbocycles. The number of carbonyl (C=O) groups excluding carboxylic acids is 1. The Kier molecular flexibility index (Phi) is 4.39. The maximum absolute atomic E-state index is 12.0. The number of benzene rings is 1. The zero-order valence-corrected chi connectivity index (χ0v) is 12.4. The highest BCUT2D eigenvalue weighted by Crippen LogP contribution is 2.25. The molecule has 1 aromatic heterocycles. The smallest absolute Gasteiger partial charge is 0.274 e. The van der Waals surface area contributed by atoms with Gasteiger partial charge in [0.25, 0.3) is 5.91 Å². The van der Waals surface area contributed by atoms with Gasteiger partial charge in [0.2, 0.25) is 0 Å². The molecule has 19 heavy (non-hydrogen) atoms. The first-order valence-corrected chi connectivity index (χ1v) is 6.68. The van der Waals surface area contributed by atoms with Crippen LogP contribution in [0.2, 0.25) is 5.02 Å². The van der Waals surface area contributed by atoms with Crippen molar-refractivity contribution in [3.8, 4) is 0 Å². The molecule has 4 nitrogen and oxygen atoms in total. The molecule has 1 aromatic carbocycles. The highest BCUT2D eigenvalue weighted by atomic mass is 79.9. The molecule has 1 amide bonds. The number of nitrogens with one attached hydrogen (secondary N) is 2. The SMILES string of the molecule is CNc1cccc(C(=O)Nc2ccc(Br)c(Cl)c2)n1. The number of carbonyl (C=O) groups is 1. The standard InChI is InChI=1S/C13H11BrClN3O/c1-16-12-4-2-3-11(18-12)13(19)17-8-5-6-9(14)10(15)7-8/h2-7H,1H3,(H,16,18)(H,17,19). The van der Waals surface area contributed by atoms with Crippen LogP contribution in [0.1, 0.15) is 10.5 Å². The normalized spacial score (nSPS) is 10.1. The first-order chi connectivity index (χ1) is 9.10. The zero-order chi connectivity index (χ0) is 13.8. The van der Waals surface area contributed by atoms with E-state index in [0.29, 0.717) is 22.2 Å². The number of hydrogen-bond donors (Lipinski definition) is 2. The van der Waals surface area contributed by atoms with Crippen LogP contribution >= 0.6 is 27.5 Å². The van der Waals surface area contributed by atoms with Gasteiger partial charge in [-0.15, -0.1) is 0 Å². The molecule has 0 unspecified atom stereocenters. The maximum atomic E-state index is 12.0. The average Bonchev–Trinajstić information content (AvgIpc) is 2.43. The Labute approximate surface area is 124 Å². The number of halogens is 2. The fourth-order valence-corrected chi connectivity index (χ4v) is 1.90. The van der Waals surface area contributed by atoms with E-state index in [2.05, 4.69) is 31.5 Å². The third kappa shape index (κ3) is 3.45. The van der Waals surface area contributed by atoms with Crippen molar-refractivity contribution in [3.63, 3.8) is 0 Å². The van der Waals surface area contributed by atoms with Crippen LogP contribution < -0.4 is 10.6 Å². The third-order valence-electron chi connectivity index (χ3n) is 2.42. The summed E-state index contributed by atoms with van der Waals surface area (Å²) in [6.07, 6.45) is 0. The summed E-state index contributed by atoms with van der Waals surface area (Å²) in [6, 6.07) is 10.4. The van der Waals surface area contributed by atoms with Crippen LogP contribution in [0.3, 0.4) is 0 Å². The van der Waals surface area contributed by atoms with Gasteiger partial charge in [-0.2, -0.15) is 0 Å². The number of nitrogens with zero attached hydrogens (tertiary/aromatic N) is 1. The first-order valence-electron chi connectivity index (χ1n) is 5.51. The minimum atomic E-state index is -0.282. The zero-order valence-electron chi connectivity index (χ0n) is 10.1. The van der Waals surface area contributed by atoms with E-state index >= 15 is 0 Å². The topological polar surface area (TPSA) is 54.0 Å². The lowest BCUT2D eigenvalue weighted by molar-refractivity contribution is 0.102. The fourth-order valence-electron chi connectivity index (χ4n) is 1.47. The molecule has 0 bridgehead atoms. The Balaban J connectivity index is 2.18. The van der Waals surface area contributed by atoms with Crippen molar-refractivity contribution in [3.05, 3.63) is 51.6 Å². The van der Waals surface area contributed by atoms with E-state index in [1.54, 1.807) is 43.4 Å². The fraction of sp³-hybridized carbons (Fsp3) is 0.0769. The lowest BCUT2D eigenvalue weighted by Gasteiger charge is -2.07. The quantitative estimate of drug-likeness (QED) is 0.894. The second kappa shape index (κ2) is 6.04. The summed E-state index contributed by atoms with van der Waals surface area (Å²) in [5.41, 5.74) is 0.959. The summed E-state index contributed by atoms with van der Waals surface area (Å²) in [7, 11) is 1.75. The molecular formula is C13H11BrClN3O. The number of hydrogen-bond acceptors (Lipinski definition) is 3. The van der Waals surface area contributed by atoms with Crippen LogP contribution in [0.5, 0.6) is 0 Å². The molecule has 0 spiro atoms. The number of amides is 1. The minimum absolute atomic E-state index is 0.282. The summed E-state index contributed by atoms with van der Waals surface area (Å²) in [4.78, 5) is 16.2. The molecule has 6 heteroatoms. The van der Waals surface area contributed by atoms with E-state index in [1.165, 1.54) is 0 Å². The number of aromatic nitrogens is 1. The van der Waals surface area contributed by atoms with Crippen molar-refractivity contribution in [2.75, 3.05) is 17.7 Å². The molecule has 0 saturated carbocycles. The van der Waals surface area contributed by atoms with E-state index in [0.717, 1.165) is 4.47 Å². The van der Waals surface area contributed by atoms with Crippen LogP contribution in [0, 0.1) is 0 Å². The molecule has 0 aliphatic heterocycles. The monoisotopic (exact) mass is 339 g/mol. The van der Waals surface area contributed by atoms with Crippen molar-refractivity contribution in [1.82, 2.24) is 4.98 Å². The second-order valence-electron chi connectivity index (χ2n) is 3.74. The van der Waals surface area contributed by atoms with Gasteiger partial charge >= 0.3 is 0 Å². The summed E-state index contributed by atoms with van der Waals surface area (Å²) >= 11 is 9.26. The Morgan fingerprint density at radius 1 is 1.32 bits per heavy atom.